The number of Topliss-reactive ketones (excluding diaryl/α,β-unsaturated/α-hetero) is 2. The van der Waals surface area contributed by atoms with Gasteiger partial charge in [-0.1, -0.05) is 51.4 Å². The van der Waals surface area contributed by atoms with Crippen LogP contribution in [0.25, 0.3) is 0 Å². The Balaban J connectivity index is 1.66. The summed E-state index contributed by atoms with van der Waals surface area (Å²) < 4.78 is 31.3. The Morgan fingerprint density at radius 1 is 0.932 bits per heavy atom. The first-order valence-corrected chi connectivity index (χ1v) is 15.8. The minimum atomic E-state index is -0.556. The van der Waals surface area contributed by atoms with E-state index in [1.165, 1.54) is 12.1 Å². The van der Waals surface area contributed by atoms with E-state index in [9.17, 15) is 14.0 Å². The molecule has 0 radical (unpaired) electrons. The second-order valence-corrected chi connectivity index (χ2v) is 14.1. The predicted molar refractivity (Wildman–Crippen MR) is 169 cm³/mol. The minimum Gasteiger partial charge on any atom is -0.490 e. The molecule has 6 nitrogen and oxygen atoms in total. The molecule has 0 unspecified atom stereocenters. The summed E-state index contributed by atoms with van der Waals surface area (Å²) in [7, 11) is 1.69. The van der Waals surface area contributed by atoms with Crippen molar-refractivity contribution in [3.05, 3.63) is 80.9 Å². The van der Waals surface area contributed by atoms with Gasteiger partial charge in [-0.2, -0.15) is 0 Å². The largest absolute Gasteiger partial charge is 0.490 e. The summed E-state index contributed by atoms with van der Waals surface area (Å²) in [5, 5.41) is 0.307. The van der Waals surface area contributed by atoms with Gasteiger partial charge in [0, 0.05) is 61.6 Å². The van der Waals surface area contributed by atoms with Crippen LogP contribution in [-0.4, -0.2) is 43.3 Å². The lowest BCUT2D eigenvalue weighted by Crippen LogP contribution is -2.44. The quantitative estimate of drug-likeness (QED) is 0.249. The van der Waals surface area contributed by atoms with Crippen molar-refractivity contribution in [2.45, 2.75) is 79.2 Å². The predicted octanol–water partition coefficient (Wildman–Crippen LogP) is 8.18. The molecule has 2 aliphatic carbocycles. The van der Waals surface area contributed by atoms with E-state index in [2.05, 4.69) is 32.6 Å². The molecule has 1 heterocycles. The Hall–Kier alpha value is -3.16. The van der Waals surface area contributed by atoms with Gasteiger partial charge in [-0.3, -0.25) is 9.59 Å². The van der Waals surface area contributed by atoms with Crippen molar-refractivity contribution in [3.8, 4) is 11.5 Å². The van der Waals surface area contributed by atoms with Crippen molar-refractivity contribution in [1.29, 1.82) is 0 Å². The number of hydrogen-bond acceptors (Lipinski definition) is 6. The lowest BCUT2D eigenvalue weighted by atomic mass is 9.63. The second kappa shape index (κ2) is 12.7. The van der Waals surface area contributed by atoms with Crippen molar-refractivity contribution in [3.63, 3.8) is 0 Å². The number of nitrogens with zero attached hydrogens (tertiary/aromatic N) is 1. The SMILES string of the molecule is CCOc1cc(C2C3=C(CC(C)(C)CC3=O)N(CCCOC)C3=C2C(=O)CC(C)(C)C3)cc(Cl)c1OCc1cccc(F)c1. The number of halogens is 2. The van der Waals surface area contributed by atoms with Gasteiger partial charge in [-0.15, -0.1) is 0 Å². The molecule has 8 heteroatoms. The second-order valence-electron chi connectivity index (χ2n) is 13.7. The Morgan fingerprint density at radius 2 is 1.57 bits per heavy atom. The van der Waals surface area contributed by atoms with Gasteiger partial charge in [-0.25, -0.2) is 4.39 Å². The van der Waals surface area contributed by atoms with Crippen LogP contribution in [0.1, 0.15) is 83.8 Å². The number of carbonyl (C=O) groups is 2. The van der Waals surface area contributed by atoms with Gasteiger partial charge in [0.1, 0.15) is 12.4 Å². The highest BCUT2D eigenvalue weighted by molar-refractivity contribution is 6.32. The summed E-state index contributed by atoms with van der Waals surface area (Å²) in [6, 6.07) is 9.86. The third-order valence-electron chi connectivity index (χ3n) is 8.69. The van der Waals surface area contributed by atoms with Gasteiger partial charge in [0.25, 0.3) is 0 Å². The van der Waals surface area contributed by atoms with E-state index in [4.69, 9.17) is 25.8 Å². The van der Waals surface area contributed by atoms with E-state index in [0.717, 1.165) is 36.2 Å². The van der Waals surface area contributed by atoms with Crippen molar-refractivity contribution < 1.29 is 28.2 Å². The van der Waals surface area contributed by atoms with Crippen LogP contribution in [-0.2, 0) is 20.9 Å². The van der Waals surface area contributed by atoms with E-state index in [1.54, 1.807) is 25.3 Å². The molecular weight excluding hydrogens is 581 g/mol. The Morgan fingerprint density at radius 3 is 2.14 bits per heavy atom. The highest BCUT2D eigenvalue weighted by Crippen LogP contribution is 2.55. The summed E-state index contributed by atoms with van der Waals surface area (Å²) in [6.07, 6.45) is 3.03. The zero-order valence-corrected chi connectivity index (χ0v) is 27.4. The van der Waals surface area contributed by atoms with Crippen LogP contribution >= 0.6 is 11.6 Å². The smallest absolute Gasteiger partial charge is 0.180 e. The Labute approximate surface area is 265 Å². The van der Waals surface area contributed by atoms with Crippen molar-refractivity contribution in [2.75, 3.05) is 26.9 Å². The van der Waals surface area contributed by atoms with Crippen LogP contribution in [0.5, 0.6) is 11.5 Å². The fraction of sp³-hybridized carbons (Fsp3) is 0.500. The topological polar surface area (TPSA) is 65.1 Å². The van der Waals surface area contributed by atoms with Crippen LogP contribution in [0, 0.1) is 16.6 Å². The normalized spacial score (nSPS) is 19.7. The molecule has 1 aliphatic heterocycles. The van der Waals surface area contributed by atoms with Gasteiger partial charge in [-0.05, 0) is 72.4 Å². The molecule has 5 rings (SSSR count). The van der Waals surface area contributed by atoms with Crippen LogP contribution in [0.4, 0.5) is 4.39 Å². The van der Waals surface area contributed by atoms with Crippen molar-refractivity contribution >= 4 is 23.2 Å². The average Bonchev–Trinajstić information content (AvgIpc) is 2.92. The number of rotatable bonds is 10. The van der Waals surface area contributed by atoms with Crippen molar-refractivity contribution in [1.82, 2.24) is 4.90 Å². The van der Waals surface area contributed by atoms with E-state index in [-0.39, 0.29) is 34.8 Å². The number of benzene rings is 2. The number of ether oxygens (including phenoxy) is 3. The molecule has 0 N–H and O–H groups in total. The summed E-state index contributed by atoms with van der Waals surface area (Å²) in [6.45, 7) is 12.1. The molecule has 0 spiro atoms. The number of allylic oxidation sites excluding steroid dienone is 4. The van der Waals surface area contributed by atoms with E-state index < -0.39 is 5.92 Å². The summed E-state index contributed by atoms with van der Waals surface area (Å²) >= 11 is 6.91. The molecule has 44 heavy (non-hydrogen) atoms. The number of methoxy groups -OCH3 is 1. The molecule has 2 aromatic rings. The maximum absolute atomic E-state index is 14.1. The zero-order chi connectivity index (χ0) is 31.8. The van der Waals surface area contributed by atoms with E-state index in [0.29, 0.717) is 65.8 Å². The average molecular weight is 624 g/mol. The molecule has 2 aromatic carbocycles. The van der Waals surface area contributed by atoms with Crippen molar-refractivity contribution in [2.24, 2.45) is 10.8 Å². The summed E-state index contributed by atoms with van der Waals surface area (Å²) in [4.78, 5) is 30.5. The molecule has 0 fully saturated rings. The summed E-state index contributed by atoms with van der Waals surface area (Å²) in [5.41, 5.74) is 4.32. The fourth-order valence-corrected chi connectivity index (χ4v) is 7.23. The number of carbonyl (C=O) groups excluding carboxylic acids is 2. The standard InChI is InChI=1S/C36H43ClFNO5/c1-7-43-30-16-23(15-25(37)34(30)44-21-22-10-8-11-24(38)14-22)31-32-26(17-35(2,3)19-28(32)40)39(12-9-13-42-6)27-18-36(4,5)20-29(41)33(27)31/h8,10-11,14-16,31H,7,9,12-13,17-21H2,1-6H3. The molecule has 0 aromatic heterocycles. The molecule has 0 saturated heterocycles. The molecular formula is C36H43ClFNO5. The molecule has 0 atom stereocenters. The number of hydrogen-bond donors (Lipinski definition) is 0. The van der Waals surface area contributed by atoms with Gasteiger partial charge < -0.3 is 19.1 Å². The zero-order valence-electron chi connectivity index (χ0n) is 26.6. The van der Waals surface area contributed by atoms with Gasteiger partial charge in [0.2, 0.25) is 0 Å². The number of ketones is 2. The highest BCUT2D eigenvalue weighted by Gasteiger charge is 2.49. The first-order chi connectivity index (χ1) is 20.8. The molecule has 0 amide bonds. The fourth-order valence-electron chi connectivity index (χ4n) is 6.96. The van der Waals surface area contributed by atoms with E-state index >= 15 is 0 Å². The van der Waals surface area contributed by atoms with Crippen LogP contribution < -0.4 is 9.47 Å². The molecule has 3 aliphatic rings. The first-order valence-electron chi connectivity index (χ1n) is 15.5. The Kier molecular flexibility index (Phi) is 9.29. The molecule has 0 bridgehead atoms. The lowest BCUT2D eigenvalue weighted by Gasteiger charge is -2.49. The maximum atomic E-state index is 14.1. The third kappa shape index (κ3) is 6.59. The van der Waals surface area contributed by atoms with Crippen LogP contribution in [0.2, 0.25) is 5.02 Å². The van der Waals surface area contributed by atoms with Gasteiger partial charge >= 0.3 is 0 Å². The molecule has 236 valence electrons. The maximum Gasteiger partial charge on any atom is 0.180 e. The van der Waals surface area contributed by atoms with Crippen LogP contribution in [0.3, 0.4) is 0 Å². The first kappa shape index (κ1) is 32.2. The minimum absolute atomic E-state index is 0.0580. The summed E-state index contributed by atoms with van der Waals surface area (Å²) in [5.74, 6) is -0.0234. The Bertz CT molecular complexity index is 1470. The van der Waals surface area contributed by atoms with Gasteiger partial charge in [0.15, 0.2) is 23.1 Å². The van der Waals surface area contributed by atoms with Crippen LogP contribution in [0.15, 0.2) is 58.9 Å². The van der Waals surface area contributed by atoms with Gasteiger partial charge in [0.05, 0.1) is 11.6 Å². The van der Waals surface area contributed by atoms with E-state index in [1.807, 2.05) is 13.0 Å². The third-order valence-corrected chi connectivity index (χ3v) is 8.97. The molecule has 0 saturated carbocycles. The lowest BCUT2D eigenvalue weighted by molar-refractivity contribution is -0.119. The monoisotopic (exact) mass is 623 g/mol. The highest BCUT2D eigenvalue weighted by atomic mass is 35.5.